The highest BCUT2D eigenvalue weighted by molar-refractivity contribution is 4.66. The number of likely N-dealkylation sites (N-methyl/N-ethyl adjacent to an activating group) is 4. The molecule has 34 heavy (non-hydrogen) atoms. The Hall–Kier alpha value is -0.240. The molecule has 0 aromatic rings. The topological polar surface area (TPSA) is 18.5 Å². The van der Waals surface area contributed by atoms with E-state index in [9.17, 15) is 0 Å². The molecule has 0 amide bonds. The first-order valence-electron chi connectivity index (χ1n) is 14.3. The number of hydrogen-bond acceptors (Lipinski definition) is 2. The van der Waals surface area contributed by atoms with Crippen LogP contribution in [0, 0.1) is 0 Å². The van der Waals surface area contributed by atoms with Crippen molar-refractivity contribution in [2.24, 2.45) is 0 Å². The van der Waals surface area contributed by atoms with Crippen LogP contribution >= 0.6 is 0 Å². The highest BCUT2D eigenvalue weighted by Crippen LogP contribution is 2.22. The predicted molar refractivity (Wildman–Crippen MR) is 144 cm³/mol. The van der Waals surface area contributed by atoms with Gasteiger partial charge in [0, 0.05) is 0 Å². The quantitative estimate of drug-likeness (QED) is 0.261. The highest BCUT2D eigenvalue weighted by Gasteiger charge is 2.33. The molecule has 0 aromatic carbocycles. The lowest BCUT2D eigenvalue weighted by Gasteiger charge is -2.42. The summed E-state index contributed by atoms with van der Waals surface area (Å²) in [5.74, 6) is 0. The third kappa shape index (κ3) is 12.6. The van der Waals surface area contributed by atoms with Crippen LogP contribution in [0.4, 0.5) is 0 Å². The second-order valence-corrected chi connectivity index (χ2v) is 14.2. The van der Waals surface area contributed by atoms with Crippen molar-refractivity contribution in [3.8, 4) is 0 Å². The molecule has 0 aromatic heterocycles. The van der Waals surface area contributed by atoms with Crippen molar-refractivity contribution in [1.29, 1.82) is 0 Å². The van der Waals surface area contributed by atoms with Gasteiger partial charge in [-0.3, -0.25) is 0 Å². The zero-order chi connectivity index (χ0) is 25.3. The molecule has 202 valence electrons. The summed E-state index contributed by atoms with van der Waals surface area (Å²) in [5, 5.41) is 0. The molecule has 0 bridgehead atoms. The van der Waals surface area contributed by atoms with Gasteiger partial charge in [-0.1, -0.05) is 0 Å². The Balaban J connectivity index is 1.59. The molecule has 4 atom stereocenters. The Morgan fingerprint density at radius 1 is 0.618 bits per heavy atom. The lowest BCUT2D eigenvalue weighted by Crippen LogP contribution is -2.54. The Morgan fingerprint density at radius 2 is 1.00 bits per heavy atom. The molecule has 2 fully saturated rings. The molecule has 4 unspecified atom stereocenters. The summed E-state index contributed by atoms with van der Waals surface area (Å²) in [6.45, 7) is 11.7. The normalized spacial score (nSPS) is 31.1. The van der Waals surface area contributed by atoms with Crippen LogP contribution in [-0.2, 0) is 9.47 Å². The van der Waals surface area contributed by atoms with Gasteiger partial charge < -0.3 is 27.4 Å². The van der Waals surface area contributed by atoms with E-state index in [1.165, 1.54) is 99.6 Å². The van der Waals surface area contributed by atoms with Gasteiger partial charge in [0.05, 0.1) is 95.8 Å². The van der Waals surface area contributed by atoms with Gasteiger partial charge in [-0.2, -0.15) is 0 Å². The lowest BCUT2D eigenvalue weighted by atomic mass is 10.0. The number of hydrogen-bond donors (Lipinski definition) is 0. The summed E-state index contributed by atoms with van der Waals surface area (Å²) in [5.41, 5.74) is 0. The van der Waals surface area contributed by atoms with Crippen LogP contribution in [-0.4, -0.2) is 152 Å². The molecular weight excluding hydrogens is 424 g/mol. The molecule has 2 saturated heterocycles. The summed E-state index contributed by atoms with van der Waals surface area (Å²) in [4.78, 5) is 0. The van der Waals surface area contributed by atoms with Gasteiger partial charge in [-0.25, -0.2) is 0 Å². The predicted octanol–water partition coefficient (Wildman–Crippen LogP) is 3.21. The van der Waals surface area contributed by atoms with Crippen molar-refractivity contribution in [1.82, 2.24) is 0 Å². The Morgan fingerprint density at radius 3 is 1.35 bits per heavy atom. The van der Waals surface area contributed by atoms with E-state index in [4.69, 9.17) is 9.47 Å². The molecule has 2 rings (SSSR count). The van der Waals surface area contributed by atoms with Gasteiger partial charge >= 0.3 is 0 Å². The average molecular weight is 487 g/mol. The molecule has 0 spiro atoms. The second-order valence-electron chi connectivity index (χ2n) is 14.2. The van der Waals surface area contributed by atoms with E-state index in [1.54, 1.807) is 0 Å². The minimum Gasteiger partial charge on any atom is -0.367 e. The number of likely N-dealkylation sites (tertiary alicyclic amines) is 2. The molecule has 6 nitrogen and oxygen atoms in total. The molecule has 0 saturated carbocycles. The number of piperidine rings is 2. The van der Waals surface area contributed by atoms with Gasteiger partial charge in [-0.05, 0) is 51.4 Å². The summed E-state index contributed by atoms with van der Waals surface area (Å²) >= 11 is 0. The van der Waals surface area contributed by atoms with Crippen LogP contribution in [0.3, 0.4) is 0 Å². The van der Waals surface area contributed by atoms with E-state index >= 15 is 0 Å². The average Bonchev–Trinajstić information content (AvgIpc) is 2.69. The fourth-order valence-electron chi connectivity index (χ4n) is 5.76. The highest BCUT2D eigenvalue weighted by atomic mass is 16.5. The van der Waals surface area contributed by atoms with E-state index < -0.39 is 0 Å². The van der Waals surface area contributed by atoms with Crippen molar-refractivity contribution in [3.05, 3.63) is 0 Å². The summed E-state index contributed by atoms with van der Waals surface area (Å²) in [7, 11) is 18.4. The van der Waals surface area contributed by atoms with Gasteiger partial charge in [0.25, 0.3) is 0 Å². The SMILES string of the molecule is C[N+](C)(C)CCOC1CCC[N+](C)(CCCCCC[N+]2(C)CCCC(OCC[N+](C)(C)C)C2)C1. The minimum atomic E-state index is 0.464. The fraction of sp³-hybridized carbons (Fsp3) is 1.00. The van der Waals surface area contributed by atoms with Gasteiger partial charge in [-0.15, -0.1) is 0 Å². The molecule has 0 aliphatic carbocycles. The first-order chi connectivity index (χ1) is 15.8. The van der Waals surface area contributed by atoms with Crippen LogP contribution in [0.1, 0.15) is 51.4 Å². The van der Waals surface area contributed by atoms with Gasteiger partial charge in [0.1, 0.15) is 38.4 Å². The van der Waals surface area contributed by atoms with Crippen molar-refractivity contribution >= 4 is 0 Å². The number of nitrogens with zero attached hydrogens (tertiary/aromatic N) is 4. The third-order valence-corrected chi connectivity index (χ3v) is 8.11. The molecule has 6 heteroatoms. The first kappa shape index (κ1) is 30.0. The van der Waals surface area contributed by atoms with E-state index in [1.807, 2.05) is 0 Å². The molecule has 0 N–H and O–H groups in total. The van der Waals surface area contributed by atoms with Crippen molar-refractivity contribution < 1.29 is 27.4 Å². The first-order valence-corrected chi connectivity index (χ1v) is 14.3. The molecule has 0 radical (unpaired) electrons. The van der Waals surface area contributed by atoms with Crippen LogP contribution in [0.25, 0.3) is 0 Å². The summed E-state index contributed by atoms with van der Waals surface area (Å²) in [6.07, 6.45) is 11.6. The Kier molecular flexibility index (Phi) is 11.8. The van der Waals surface area contributed by atoms with Crippen molar-refractivity contribution in [2.45, 2.75) is 63.6 Å². The number of rotatable bonds is 15. The van der Waals surface area contributed by atoms with E-state index in [0.29, 0.717) is 12.2 Å². The summed E-state index contributed by atoms with van der Waals surface area (Å²) in [6, 6.07) is 0. The van der Waals surface area contributed by atoms with Crippen molar-refractivity contribution in [2.75, 3.05) is 122 Å². The number of unbranched alkanes of at least 4 members (excludes halogenated alkanes) is 3. The Labute approximate surface area is 213 Å². The molecule has 2 aliphatic heterocycles. The van der Waals surface area contributed by atoms with Crippen molar-refractivity contribution in [3.63, 3.8) is 0 Å². The molecule has 2 heterocycles. The fourth-order valence-corrected chi connectivity index (χ4v) is 5.76. The van der Waals surface area contributed by atoms with E-state index in [-0.39, 0.29) is 0 Å². The van der Waals surface area contributed by atoms with Crippen LogP contribution < -0.4 is 0 Å². The standard InChI is InChI=1S/C28H62N4O2/c1-29(2,3)21-23-33-27-15-13-19-31(7,25-27)17-11-9-10-12-18-32(8)20-14-16-28(26-32)34-24-22-30(4,5)6/h27-28H,9-26H2,1-8H3/q+4. The zero-order valence-corrected chi connectivity index (χ0v) is 24.5. The van der Waals surface area contributed by atoms with Crippen LogP contribution in [0.2, 0.25) is 0 Å². The second kappa shape index (κ2) is 13.3. The van der Waals surface area contributed by atoms with E-state index in [2.05, 4.69) is 56.4 Å². The largest absolute Gasteiger partial charge is 0.367 e. The van der Waals surface area contributed by atoms with Crippen LogP contribution in [0.15, 0.2) is 0 Å². The number of quaternary nitrogens is 4. The monoisotopic (exact) mass is 486 g/mol. The Bertz CT molecular complexity index is 524. The third-order valence-electron chi connectivity index (χ3n) is 8.11. The van der Waals surface area contributed by atoms with Gasteiger partial charge in [0.15, 0.2) is 0 Å². The maximum absolute atomic E-state index is 6.28. The van der Waals surface area contributed by atoms with Gasteiger partial charge in [0.2, 0.25) is 0 Å². The zero-order valence-electron chi connectivity index (χ0n) is 24.5. The van der Waals surface area contributed by atoms with E-state index in [0.717, 1.165) is 35.3 Å². The summed E-state index contributed by atoms with van der Waals surface area (Å²) < 4.78 is 17.0. The number of ether oxygens (including phenoxy) is 2. The molecular formula is C28H62N4O2+4. The smallest absolute Gasteiger partial charge is 0.107 e. The van der Waals surface area contributed by atoms with Crippen LogP contribution in [0.5, 0.6) is 0 Å². The lowest BCUT2D eigenvalue weighted by molar-refractivity contribution is -0.918. The molecule has 2 aliphatic rings. The maximum atomic E-state index is 6.28. The minimum absolute atomic E-state index is 0.464. The maximum Gasteiger partial charge on any atom is 0.107 e.